The van der Waals surface area contributed by atoms with Crippen LogP contribution < -0.4 is 15.5 Å². The van der Waals surface area contributed by atoms with E-state index < -0.39 is 0 Å². The number of amides is 2. The monoisotopic (exact) mass is 564 g/mol. The molecule has 0 atom stereocenters. The van der Waals surface area contributed by atoms with Crippen LogP contribution in [0.3, 0.4) is 0 Å². The molecular formula is C32H32N6O4. The molecule has 0 saturated carbocycles. The number of benzene rings is 3. The predicted molar refractivity (Wildman–Crippen MR) is 163 cm³/mol. The largest absolute Gasteiger partial charge is 0.479 e. The van der Waals surface area contributed by atoms with Gasteiger partial charge in [-0.2, -0.15) is 0 Å². The first-order valence-electron chi connectivity index (χ1n) is 13.8. The van der Waals surface area contributed by atoms with Gasteiger partial charge >= 0.3 is 5.95 Å². The van der Waals surface area contributed by atoms with Gasteiger partial charge in [-0.3, -0.25) is 14.5 Å². The van der Waals surface area contributed by atoms with Crippen molar-refractivity contribution in [1.82, 2.24) is 15.0 Å². The minimum atomic E-state index is -0.280. The molecule has 6 rings (SSSR count). The zero-order chi connectivity index (χ0) is 29.2. The topological polar surface area (TPSA) is 114 Å². The van der Waals surface area contributed by atoms with Gasteiger partial charge in [-0.1, -0.05) is 41.6 Å². The van der Waals surface area contributed by atoms with Crippen molar-refractivity contribution in [3.63, 3.8) is 0 Å². The van der Waals surface area contributed by atoms with Crippen LogP contribution in [0.1, 0.15) is 11.1 Å². The first-order valence-corrected chi connectivity index (χ1v) is 13.8. The highest BCUT2D eigenvalue weighted by molar-refractivity contribution is 6.37. The molecular weight excluding hydrogens is 532 g/mol. The molecule has 2 amide bonds. The molecule has 3 aromatic carbocycles. The lowest BCUT2D eigenvalue weighted by molar-refractivity contribution is -0.119. The Morgan fingerprint density at radius 2 is 1.76 bits per heavy atom. The summed E-state index contributed by atoms with van der Waals surface area (Å²) in [6.45, 7) is 4.08. The van der Waals surface area contributed by atoms with E-state index in [-0.39, 0.29) is 17.8 Å². The number of aromatic nitrogens is 1. The SMILES string of the molecule is CN1CCN(CC(=O)N(C)c2ccc(N/C(=C3\C(=O)Nc4ccc(-c5cc(O)on5)cc43)c3ccccc3)cc2)CC1. The molecule has 0 spiro atoms. The summed E-state index contributed by atoms with van der Waals surface area (Å²) < 4.78 is 4.84. The normalized spacial score (nSPS) is 16.6. The third-order valence-electron chi connectivity index (χ3n) is 7.72. The Labute approximate surface area is 243 Å². The Bertz CT molecular complexity index is 1640. The lowest BCUT2D eigenvalue weighted by Crippen LogP contribution is -2.48. The van der Waals surface area contributed by atoms with Crippen molar-refractivity contribution in [2.24, 2.45) is 0 Å². The molecule has 214 valence electrons. The number of hydrogen-bond acceptors (Lipinski definition) is 8. The van der Waals surface area contributed by atoms with Crippen LogP contribution in [-0.4, -0.2) is 78.7 Å². The zero-order valence-corrected chi connectivity index (χ0v) is 23.5. The average molecular weight is 565 g/mol. The maximum atomic E-state index is 13.4. The molecule has 0 radical (unpaired) electrons. The fourth-order valence-corrected chi connectivity index (χ4v) is 5.22. The van der Waals surface area contributed by atoms with E-state index in [1.807, 2.05) is 72.8 Å². The lowest BCUT2D eigenvalue weighted by Gasteiger charge is -2.32. The molecule has 1 aromatic heterocycles. The maximum absolute atomic E-state index is 13.4. The standard InChI is InChI=1S/C32H32N6O4/c1-36-14-16-38(17-15-36)20-28(39)37(2)24-11-9-23(10-12-24)33-31(21-6-4-3-5-7-21)30-25-18-22(27-19-29(40)42-35-27)8-13-26(25)34-32(30)41/h3-13,18-19,33,40H,14-17,20H2,1-2H3,(H,34,41)/b31-30-. The Morgan fingerprint density at radius 1 is 1.02 bits per heavy atom. The Balaban J connectivity index is 1.28. The number of carbonyl (C=O) groups is 2. The number of nitrogens with one attached hydrogen (secondary N) is 2. The van der Waals surface area contributed by atoms with Gasteiger partial charge in [-0.25, -0.2) is 0 Å². The number of anilines is 3. The second-order valence-electron chi connectivity index (χ2n) is 10.6. The van der Waals surface area contributed by atoms with Gasteiger partial charge < -0.3 is 30.1 Å². The minimum absolute atomic E-state index is 0.0443. The lowest BCUT2D eigenvalue weighted by atomic mass is 9.97. The number of likely N-dealkylation sites (N-methyl/N-ethyl adjacent to an activating group) is 2. The van der Waals surface area contributed by atoms with Gasteiger partial charge in [-0.05, 0) is 49.0 Å². The number of fused-ring (bicyclic) bond motifs is 1. The summed E-state index contributed by atoms with van der Waals surface area (Å²) in [5.41, 5.74) is 6.06. The van der Waals surface area contributed by atoms with Crippen LogP contribution in [0.5, 0.6) is 5.95 Å². The molecule has 1 fully saturated rings. The van der Waals surface area contributed by atoms with E-state index in [1.54, 1.807) is 11.9 Å². The summed E-state index contributed by atoms with van der Waals surface area (Å²) in [7, 11) is 3.89. The molecule has 3 N–H and O–H groups in total. The van der Waals surface area contributed by atoms with Crippen molar-refractivity contribution in [1.29, 1.82) is 0 Å². The zero-order valence-electron chi connectivity index (χ0n) is 23.5. The third-order valence-corrected chi connectivity index (χ3v) is 7.72. The van der Waals surface area contributed by atoms with Crippen molar-refractivity contribution < 1.29 is 19.2 Å². The fourth-order valence-electron chi connectivity index (χ4n) is 5.22. The number of nitrogens with zero attached hydrogens (tertiary/aromatic N) is 4. The van der Waals surface area contributed by atoms with Gasteiger partial charge in [-0.15, -0.1) is 0 Å². The summed E-state index contributed by atoms with van der Waals surface area (Å²) in [6, 6.07) is 24.2. The van der Waals surface area contributed by atoms with Crippen LogP contribution >= 0.6 is 0 Å². The van der Waals surface area contributed by atoms with Crippen LogP contribution in [0.2, 0.25) is 0 Å². The third kappa shape index (κ3) is 5.63. The van der Waals surface area contributed by atoms with Gasteiger partial charge in [0.25, 0.3) is 5.91 Å². The van der Waals surface area contributed by atoms with Crippen LogP contribution in [0.4, 0.5) is 17.1 Å². The molecule has 2 aliphatic rings. The molecule has 1 saturated heterocycles. The van der Waals surface area contributed by atoms with E-state index in [0.29, 0.717) is 40.3 Å². The average Bonchev–Trinajstić information content (AvgIpc) is 3.59. The summed E-state index contributed by atoms with van der Waals surface area (Å²) >= 11 is 0. The Hall–Kier alpha value is -4.93. The van der Waals surface area contributed by atoms with E-state index in [4.69, 9.17) is 4.52 Å². The molecule has 0 bridgehead atoms. The van der Waals surface area contributed by atoms with Crippen LogP contribution in [0.15, 0.2) is 83.4 Å². The Kier molecular flexibility index (Phi) is 7.47. The van der Waals surface area contributed by atoms with Gasteiger partial charge in [0.2, 0.25) is 5.91 Å². The summed E-state index contributed by atoms with van der Waals surface area (Å²) in [6.07, 6.45) is 0. The number of hydrogen-bond donors (Lipinski definition) is 3. The van der Waals surface area contributed by atoms with E-state index in [2.05, 4.69) is 32.6 Å². The molecule has 4 aromatic rings. The smallest absolute Gasteiger partial charge is 0.309 e. The van der Waals surface area contributed by atoms with Crippen molar-refractivity contribution in [2.75, 3.05) is 62.4 Å². The number of carbonyl (C=O) groups excluding carboxylic acids is 2. The molecule has 0 aliphatic carbocycles. The maximum Gasteiger partial charge on any atom is 0.309 e. The summed E-state index contributed by atoms with van der Waals surface area (Å²) in [5, 5.41) is 20.0. The fraction of sp³-hybridized carbons (Fsp3) is 0.219. The Morgan fingerprint density at radius 3 is 2.45 bits per heavy atom. The molecule has 42 heavy (non-hydrogen) atoms. The second-order valence-corrected chi connectivity index (χ2v) is 10.6. The van der Waals surface area contributed by atoms with E-state index in [1.165, 1.54) is 6.07 Å². The quantitative estimate of drug-likeness (QED) is 0.287. The van der Waals surface area contributed by atoms with Crippen LogP contribution in [0.25, 0.3) is 22.5 Å². The van der Waals surface area contributed by atoms with Crippen molar-refractivity contribution in [2.45, 2.75) is 0 Å². The first kappa shape index (κ1) is 27.3. The summed E-state index contributed by atoms with van der Waals surface area (Å²) in [4.78, 5) is 32.5. The van der Waals surface area contributed by atoms with Gasteiger partial charge in [0.05, 0.1) is 23.9 Å². The number of rotatable bonds is 7. The van der Waals surface area contributed by atoms with Crippen molar-refractivity contribution in [3.05, 3.63) is 90.0 Å². The van der Waals surface area contributed by atoms with E-state index >= 15 is 0 Å². The highest BCUT2D eigenvalue weighted by Gasteiger charge is 2.29. The summed E-state index contributed by atoms with van der Waals surface area (Å²) in [5.74, 6) is -0.470. The van der Waals surface area contributed by atoms with E-state index in [0.717, 1.165) is 43.1 Å². The van der Waals surface area contributed by atoms with Gasteiger partial charge in [0.15, 0.2) is 0 Å². The number of aromatic hydroxyl groups is 1. The highest BCUT2D eigenvalue weighted by atomic mass is 16.5. The first-order chi connectivity index (χ1) is 20.4. The molecule has 10 nitrogen and oxygen atoms in total. The molecule has 3 heterocycles. The molecule has 2 aliphatic heterocycles. The predicted octanol–water partition coefficient (Wildman–Crippen LogP) is 4.19. The minimum Gasteiger partial charge on any atom is -0.479 e. The number of piperazine rings is 1. The van der Waals surface area contributed by atoms with Crippen molar-refractivity contribution >= 4 is 40.1 Å². The molecule has 10 heteroatoms. The highest BCUT2D eigenvalue weighted by Crippen LogP contribution is 2.40. The van der Waals surface area contributed by atoms with Crippen LogP contribution in [0, 0.1) is 0 Å². The van der Waals surface area contributed by atoms with Crippen molar-refractivity contribution in [3.8, 4) is 17.2 Å². The van der Waals surface area contributed by atoms with Crippen LogP contribution in [-0.2, 0) is 9.59 Å². The van der Waals surface area contributed by atoms with E-state index in [9.17, 15) is 14.7 Å². The second kappa shape index (κ2) is 11.5. The van der Waals surface area contributed by atoms with Gasteiger partial charge in [0, 0.05) is 61.4 Å². The molecule has 0 unspecified atom stereocenters. The van der Waals surface area contributed by atoms with Gasteiger partial charge in [0.1, 0.15) is 5.69 Å².